The van der Waals surface area contributed by atoms with Gasteiger partial charge in [-0.2, -0.15) is 0 Å². The highest BCUT2D eigenvalue weighted by atomic mass is 16.2. The maximum absolute atomic E-state index is 13.8. The third kappa shape index (κ3) is 9.51. The molecular weight excluding hydrogens is 494 g/mol. The molecule has 0 aliphatic carbocycles. The molecule has 9 nitrogen and oxygen atoms in total. The molecule has 1 aliphatic rings. The number of benzene rings is 2. The Bertz CT molecular complexity index is 1080. The molecule has 0 bridgehead atoms. The molecule has 2 aromatic carbocycles. The van der Waals surface area contributed by atoms with Gasteiger partial charge in [0.15, 0.2) is 0 Å². The van der Waals surface area contributed by atoms with Crippen molar-refractivity contribution in [1.29, 1.82) is 0 Å². The van der Waals surface area contributed by atoms with Crippen molar-refractivity contribution in [2.75, 3.05) is 39.3 Å². The van der Waals surface area contributed by atoms with E-state index in [9.17, 15) is 19.2 Å². The number of hydrogen-bond acceptors (Lipinski definition) is 5. The van der Waals surface area contributed by atoms with Gasteiger partial charge < -0.3 is 25.8 Å². The summed E-state index contributed by atoms with van der Waals surface area (Å²) < 4.78 is 0. The maximum Gasteiger partial charge on any atom is 0.245 e. The van der Waals surface area contributed by atoms with Crippen LogP contribution in [0.1, 0.15) is 43.7 Å². The van der Waals surface area contributed by atoms with Gasteiger partial charge in [-0.15, -0.1) is 0 Å². The quantitative estimate of drug-likeness (QED) is 0.427. The number of rotatable bonds is 11. The van der Waals surface area contributed by atoms with Gasteiger partial charge in [-0.3, -0.25) is 19.2 Å². The van der Waals surface area contributed by atoms with Gasteiger partial charge in [0.2, 0.25) is 23.6 Å². The Morgan fingerprint density at radius 2 is 1.33 bits per heavy atom. The van der Waals surface area contributed by atoms with Gasteiger partial charge >= 0.3 is 0 Å². The van der Waals surface area contributed by atoms with Crippen molar-refractivity contribution in [3.8, 4) is 0 Å². The topological polar surface area (TPSA) is 116 Å². The van der Waals surface area contributed by atoms with Crippen LogP contribution in [0.25, 0.3) is 0 Å². The largest absolute Gasteiger partial charge is 0.342 e. The van der Waals surface area contributed by atoms with E-state index in [1.165, 1.54) is 14.7 Å². The smallest absolute Gasteiger partial charge is 0.245 e. The number of hydrogen-bond donors (Lipinski definition) is 2. The second-order valence-electron chi connectivity index (χ2n) is 9.97. The first-order valence-corrected chi connectivity index (χ1v) is 13.8. The van der Waals surface area contributed by atoms with Gasteiger partial charge in [0, 0.05) is 26.1 Å². The molecule has 39 heavy (non-hydrogen) atoms. The summed E-state index contributed by atoms with van der Waals surface area (Å²) in [5, 5.41) is 2.87. The molecular formula is C30H41N5O4. The summed E-state index contributed by atoms with van der Waals surface area (Å²) in [6, 6.07) is 18.1. The van der Waals surface area contributed by atoms with Crippen molar-refractivity contribution in [3.05, 3.63) is 71.8 Å². The Morgan fingerprint density at radius 3 is 1.97 bits per heavy atom. The summed E-state index contributed by atoms with van der Waals surface area (Å²) in [4.78, 5) is 58.6. The molecule has 0 aromatic heterocycles. The molecule has 3 N–H and O–H groups in total. The Morgan fingerprint density at radius 1 is 0.744 bits per heavy atom. The summed E-state index contributed by atoms with van der Waals surface area (Å²) >= 11 is 0. The molecule has 3 rings (SSSR count). The molecule has 1 saturated heterocycles. The number of nitrogens with two attached hydrogens (primary N) is 1. The van der Waals surface area contributed by atoms with E-state index in [0.29, 0.717) is 32.5 Å². The van der Waals surface area contributed by atoms with E-state index in [2.05, 4.69) is 5.32 Å². The molecule has 210 valence electrons. The lowest BCUT2D eigenvalue weighted by atomic mass is 10.0. The molecule has 1 fully saturated rings. The van der Waals surface area contributed by atoms with E-state index in [0.717, 1.165) is 24.0 Å². The second kappa shape index (κ2) is 15.6. The van der Waals surface area contributed by atoms with Crippen molar-refractivity contribution in [2.45, 2.75) is 51.6 Å². The van der Waals surface area contributed by atoms with Gasteiger partial charge in [-0.05, 0) is 36.9 Å². The lowest BCUT2D eigenvalue weighted by Crippen LogP contribution is -2.56. The molecule has 0 radical (unpaired) electrons. The van der Waals surface area contributed by atoms with Crippen LogP contribution in [0.5, 0.6) is 0 Å². The number of unbranched alkanes of at least 4 members (excludes halogenated alkanes) is 2. The zero-order valence-corrected chi connectivity index (χ0v) is 22.9. The van der Waals surface area contributed by atoms with Crippen LogP contribution in [-0.4, -0.2) is 83.6 Å². The van der Waals surface area contributed by atoms with Crippen LogP contribution in [0.3, 0.4) is 0 Å². The van der Waals surface area contributed by atoms with Crippen LogP contribution in [0.4, 0.5) is 0 Å². The maximum atomic E-state index is 13.8. The van der Waals surface area contributed by atoms with E-state index in [1.54, 1.807) is 0 Å². The monoisotopic (exact) mass is 535 g/mol. The Hall–Kier alpha value is -3.72. The minimum absolute atomic E-state index is 0.159. The molecule has 0 saturated carbocycles. The molecule has 1 atom stereocenters. The summed E-state index contributed by atoms with van der Waals surface area (Å²) in [5.74, 6) is -1.31. The predicted octanol–water partition coefficient (Wildman–Crippen LogP) is 1.95. The minimum Gasteiger partial charge on any atom is -0.342 e. The highest BCUT2D eigenvalue weighted by Gasteiger charge is 2.32. The predicted molar refractivity (Wildman–Crippen MR) is 150 cm³/mol. The normalized spacial score (nSPS) is 17.6. The van der Waals surface area contributed by atoms with Crippen molar-refractivity contribution in [3.63, 3.8) is 0 Å². The van der Waals surface area contributed by atoms with Crippen molar-refractivity contribution in [2.24, 2.45) is 5.73 Å². The fourth-order valence-electron chi connectivity index (χ4n) is 4.60. The van der Waals surface area contributed by atoms with Crippen LogP contribution < -0.4 is 11.1 Å². The molecule has 2 aromatic rings. The highest BCUT2D eigenvalue weighted by Crippen LogP contribution is 2.12. The molecule has 1 heterocycles. The number of amides is 4. The van der Waals surface area contributed by atoms with Gasteiger partial charge in [0.05, 0.1) is 13.1 Å². The number of carbonyl (C=O) groups excluding carboxylic acids is 4. The van der Waals surface area contributed by atoms with Crippen molar-refractivity contribution in [1.82, 2.24) is 20.0 Å². The Balaban J connectivity index is 1.94. The molecule has 0 spiro atoms. The third-order valence-electron chi connectivity index (χ3n) is 6.80. The fourth-order valence-corrected chi connectivity index (χ4v) is 4.60. The van der Waals surface area contributed by atoms with Gasteiger partial charge in [-0.25, -0.2) is 0 Å². The van der Waals surface area contributed by atoms with E-state index < -0.39 is 11.9 Å². The summed E-state index contributed by atoms with van der Waals surface area (Å²) in [5.41, 5.74) is 7.42. The van der Waals surface area contributed by atoms with Gasteiger partial charge in [-0.1, -0.05) is 74.0 Å². The first-order valence-electron chi connectivity index (χ1n) is 13.8. The van der Waals surface area contributed by atoms with Crippen LogP contribution in [0.2, 0.25) is 0 Å². The zero-order chi connectivity index (χ0) is 28.0. The van der Waals surface area contributed by atoms with Gasteiger partial charge in [0.25, 0.3) is 0 Å². The molecule has 4 amide bonds. The fraction of sp³-hybridized carbons (Fsp3) is 0.467. The molecule has 1 aliphatic heterocycles. The summed E-state index contributed by atoms with van der Waals surface area (Å²) in [7, 11) is 0. The lowest BCUT2D eigenvalue weighted by molar-refractivity contribution is -0.148. The highest BCUT2D eigenvalue weighted by molar-refractivity contribution is 5.94. The van der Waals surface area contributed by atoms with Crippen LogP contribution in [0, 0.1) is 0 Å². The SMILES string of the molecule is CCCCN1CC(=O)N(Cc2ccccc2)CC(=O)N(CCCCN)CC(=O)N[C@@H](Cc2ccccc2)C1=O. The summed E-state index contributed by atoms with van der Waals surface area (Å²) in [6.07, 6.45) is 3.20. The summed E-state index contributed by atoms with van der Waals surface area (Å²) in [6.45, 7) is 2.94. The van der Waals surface area contributed by atoms with E-state index in [-0.39, 0.29) is 50.3 Å². The van der Waals surface area contributed by atoms with Crippen molar-refractivity contribution < 1.29 is 19.2 Å². The number of carbonyl (C=O) groups is 4. The molecule has 0 unspecified atom stereocenters. The first kappa shape index (κ1) is 29.8. The minimum atomic E-state index is -0.854. The number of nitrogens with zero attached hydrogens (tertiary/aromatic N) is 3. The second-order valence-corrected chi connectivity index (χ2v) is 9.97. The van der Waals surface area contributed by atoms with E-state index >= 15 is 0 Å². The van der Waals surface area contributed by atoms with Crippen LogP contribution in [-0.2, 0) is 32.1 Å². The first-order chi connectivity index (χ1) is 18.9. The van der Waals surface area contributed by atoms with Crippen LogP contribution >= 0.6 is 0 Å². The van der Waals surface area contributed by atoms with Crippen LogP contribution in [0.15, 0.2) is 60.7 Å². The third-order valence-corrected chi connectivity index (χ3v) is 6.80. The Labute approximate surface area is 231 Å². The van der Waals surface area contributed by atoms with E-state index in [1.807, 2.05) is 67.6 Å². The van der Waals surface area contributed by atoms with Gasteiger partial charge in [0.1, 0.15) is 12.6 Å². The average molecular weight is 536 g/mol. The zero-order valence-electron chi connectivity index (χ0n) is 22.9. The lowest BCUT2D eigenvalue weighted by Gasteiger charge is -2.33. The Kier molecular flexibility index (Phi) is 12.0. The van der Waals surface area contributed by atoms with Crippen molar-refractivity contribution >= 4 is 23.6 Å². The standard InChI is InChI=1S/C30H41N5O4/c1-2-3-17-34-22-29(38)35(20-25-14-8-5-9-15-25)23-28(37)33(18-11-10-16-31)21-27(36)32-26(30(34)39)19-24-12-6-4-7-13-24/h4-9,12-15,26H,2-3,10-11,16-23,31H2,1H3,(H,32,36)/t26-/m0/s1. The average Bonchev–Trinajstić information content (AvgIpc) is 2.94. The number of nitrogens with one attached hydrogen (secondary N) is 1. The van der Waals surface area contributed by atoms with E-state index in [4.69, 9.17) is 5.73 Å². The molecule has 9 heteroatoms.